The fourth-order valence-electron chi connectivity index (χ4n) is 2.36. The number of hydrogen-bond donors (Lipinski definition) is 5. The van der Waals surface area contributed by atoms with Crippen molar-refractivity contribution in [2.24, 2.45) is 0 Å². The number of aromatic nitrogens is 2. The monoisotopic (exact) mass is 352 g/mol. The van der Waals surface area contributed by atoms with Crippen molar-refractivity contribution in [1.82, 2.24) is 9.55 Å². The lowest BCUT2D eigenvalue weighted by Crippen LogP contribution is -2.39. The molecule has 2 rings (SSSR count). The van der Waals surface area contributed by atoms with E-state index in [2.05, 4.69) is 4.52 Å². The number of phosphoric acid groups is 1. The van der Waals surface area contributed by atoms with Crippen LogP contribution in [0.2, 0.25) is 0 Å². The van der Waals surface area contributed by atoms with Gasteiger partial charge in [-0.25, -0.2) is 9.36 Å². The van der Waals surface area contributed by atoms with Gasteiger partial charge in [-0.15, -0.1) is 0 Å². The van der Waals surface area contributed by atoms with Crippen molar-refractivity contribution in [3.05, 3.63) is 32.6 Å². The standard InChI is InChI=1S/C11H17N2O9P/c1-2-5-3-7(14)12-11(17)13(5)10-9(16)8(15)6(22-10)4-21-23(18,19)20/h3,6,8-10,15-16H,2,4H2,1H3,(H,12,14,17)(H2,18,19,20)/t6-,8-,9-,10-/m1/s1. The summed E-state index contributed by atoms with van der Waals surface area (Å²) < 4.78 is 21.2. The van der Waals surface area contributed by atoms with Crippen LogP contribution >= 0.6 is 7.82 Å². The van der Waals surface area contributed by atoms with E-state index in [1.807, 2.05) is 4.98 Å². The van der Waals surface area contributed by atoms with E-state index in [0.717, 1.165) is 10.6 Å². The largest absolute Gasteiger partial charge is 0.469 e. The maximum atomic E-state index is 12.0. The van der Waals surface area contributed by atoms with Gasteiger partial charge in [0.25, 0.3) is 5.56 Å². The molecule has 4 atom stereocenters. The first-order valence-corrected chi connectivity index (χ1v) is 8.23. The van der Waals surface area contributed by atoms with Crippen LogP contribution in [0.3, 0.4) is 0 Å². The topological polar surface area (TPSA) is 171 Å². The number of ether oxygens (including phenoxy) is 1. The molecule has 130 valence electrons. The Hall–Kier alpha value is -1.33. The molecule has 11 nitrogen and oxygen atoms in total. The van der Waals surface area contributed by atoms with E-state index < -0.39 is 50.2 Å². The molecule has 1 fully saturated rings. The van der Waals surface area contributed by atoms with Gasteiger partial charge in [0.2, 0.25) is 0 Å². The number of H-pyrrole nitrogens is 1. The molecule has 0 spiro atoms. The van der Waals surface area contributed by atoms with Crippen molar-refractivity contribution in [2.45, 2.75) is 37.9 Å². The number of aliphatic hydroxyl groups excluding tert-OH is 2. The predicted octanol–water partition coefficient (Wildman–Crippen LogP) is -2.17. The summed E-state index contributed by atoms with van der Waals surface area (Å²) in [4.78, 5) is 42.6. The Morgan fingerprint density at radius 1 is 1.35 bits per heavy atom. The molecule has 23 heavy (non-hydrogen) atoms. The zero-order chi connectivity index (χ0) is 17.4. The predicted molar refractivity (Wildman–Crippen MR) is 74.6 cm³/mol. The summed E-state index contributed by atoms with van der Waals surface area (Å²) in [7, 11) is -4.78. The van der Waals surface area contributed by atoms with Crippen LogP contribution in [0.25, 0.3) is 0 Å². The van der Waals surface area contributed by atoms with Gasteiger partial charge in [0.15, 0.2) is 6.23 Å². The molecule has 0 aliphatic carbocycles. The van der Waals surface area contributed by atoms with Crippen LogP contribution in [-0.2, 0) is 20.2 Å². The summed E-state index contributed by atoms with van der Waals surface area (Å²) in [5.74, 6) is 0. The first kappa shape index (κ1) is 18.0. The van der Waals surface area contributed by atoms with E-state index in [0.29, 0.717) is 0 Å². The minimum absolute atomic E-state index is 0.270. The summed E-state index contributed by atoms with van der Waals surface area (Å²) in [6, 6.07) is 1.16. The molecule has 1 aliphatic heterocycles. The highest BCUT2D eigenvalue weighted by molar-refractivity contribution is 7.46. The van der Waals surface area contributed by atoms with Gasteiger partial charge >= 0.3 is 13.5 Å². The second-order valence-corrected chi connectivity index (χ2v) is 6.23. The second kappa shape index (κ2) is 6.65. The Morgan fingerprint density at radius 2 is 2.00 bits per heavy atom. The van der Waals surface area contributed by atoms with Crippen LogP contribution < -0.4 is 11.2 Å². The number of rotatable bonds is 5. The SMILES string of the molecule is CCc1cc(=O)[nH]c(=O)n1[C@@H]1O[C@H](COP(=O)(O)O)[C@@H](O)[C@H]1O. The fourth-order valence-corrected chi connectivity index (χ4v) is 2.70. The van der Waals surface area contributed by atoms with Crippen LogP contribution in [0, 0.1) is 0 Å². The van der Waals surface area contributed by atoms with Crippen molar-refractivity contribution < 1.29 is 33.8 Å². The average molecular weight is 352 g/mol. The summed E-state index contributed by atoms with van der Waals surface area (Å²) in [5, 5.41) is 19.9. The van der Waals surface area contributed by atoms with Crippen molar-refractivity contribution in [1.29, 1.82) is 0 Å². The van der Waals surface area contributed by atoms with E-state index in [1.54, 1.807) is 6.92 Å². The molecule has 0 radical (unpaired) electrons. The average Bonchev–Trinajstić information content (AvgIpc) is 2.71. The van der Waals surface area contributed by atoms with Crippen molar-refractivity contribution in [2.75, 3.05) is 6.61 Å². The summed E-state index contributed by atoms with van der Waals surface area (Å²) >= 11 is 0. The molecule has 0 unspecified atom stereocenters. The highest BCUT2D eigenvalue weighted by atomic mass is 31.2. The first-order chi connectivity index (χ1) is 10.6. The second-order valence-electron chi connectivity index (χ2n) is 4.99. The molecule has 0 bridgehead atoms. The quantitative estimate of drug-likeness (QED) is 0.370. The van der Waals surface area contributed by atoms with Crippen LogP contribution in [0.5, 0.6) is 0 Å². The molecular formula is C11H17N2O9P. The normalized spacial score (nSPS) is 28.2. The molecule has 0 aromatic carbocycles. The number of aliphatic hydroxyl groups is 2. The minimum atomic E-state index is -4.78. The van der Waals surface area contributed by atoms with Gasteiger partial charge in [0, 0.05) is 11.8 Å². The number of phosphoric ester groups is 1. The Kier molecular flexibility index (Phi) is 5.21. The maximum absolute atomic E-state index is 12.0. The molecule has 0 amide bonds. The third-order valence-electron chi connectivity index (χ3n) is 3.42. The smallest absolute Gasteiger partial charge is 0.387 e. The molecule has 1 aliphatic rings. The Labute approximate surface area is 129 Å². The van der Waals surface area contributed by atoms with Gasteiger partial charge in [0.05, 0.1) is 6.61 Å². The van der Waals surface area contributed by atoms with Crippen LogP contribution in [0.15, 0.2) is 15.7 Å². The zero-order valence-electron chi connectivity index (χ0n) is 12.0. The highest BCUT2D eigenvalue weighted by Gasteiger charge is 2.45. The fraction of sp³-hybridized carbons (Fsp3) is 0.636. The lowest BCUT2D eigenvalue weighted by Gasteiger charge is -2.20. The minimum Gasteiger partial charge on any atom is -0.387 e. The molecule has 5 N–H and O–H groups in total. The number of nitrogens with one attached hydrogen (secondary N) is 1. The van der Waals surface area contributed by atoms with E-state index >= 15 is 0 Å². The van der Waals surface area contributed by atoms with Gasteiger partial charge in [-0.3, -0.25) is 18.9 Å². The van der Waals surface area contributed by atoms with Gasteiger partial charge in [-0.05, 0) is 6.42 Å². The first-order valence-electron chi connectivity index (χ1n) is 6.70. The molecule has 0 saturated carbocycles. The van der Waals surface area contributed by atoms with Crippen LogP contribution in [0.1, 0.15) is 18.8 Å². The summed E-state index contributed by atoms with van der Waals surface area (Å²) in [5.41, 5.74) is -1.17. The van der Waals surface area contributed by atoms with Crippen LogP contribution in [-0.4, -0.2) is 54.5 Å². The van der Waals surface area contributed by atoms with Gasteiger partial charge in [-0.2, -0.15) is 0 Å². The number of nitrogens with zero attached hydrogens (tertiary/aromatic N) is 1. The maximum Gasteiger partial charge on any atom is 0.469 e. The Balaban J connectivity index is 2.30. The molecule has 1 saturated heterocycles. The summed E-state index contributed by atoms with van der Waals surface area (Å²) in [6.07, 6.45) is -5.38. The molecule has 12 heteroatoms. The number of aryl methyl sites for hydroxylation is 1. The number of hydrogen-bond acceptors (Lipinski definition) is 7. The van der Waals surface area contributed by atoms with E-state index in [1.165, 1.54) is 0 Å². The van der Waals surface area contributed by atoms with Gasteiger partial charge in [0.1, 0.15) is 18.3 Å². The van der Waals surface area contributed by atoms with Crippen molar-refractivity contribution in [3.8, 4) is 0 Å². The third-order valence-corrected chi connectivity index (χ3v) is 3.90. The molecule has 1 aromatic heterocycles. The van der Waals surface area contributed by atoms with Gasteiger partial charge in [-0.1, -0.05) is 6.92 Å². The van der Waals surface area contributed by atoms with Gasteiger partial charge < -0.3 is 24.7 Å². The molecule has 1 aromatic rings. The van der Waals surface area contributed by atoms with E-state index in [9.17, 15) is 24.4 Å². The Bertz CT molecular complexity index is 723. The van der Waals surface area contributed by atoms with Crippen molar-refractivity contribution in [3.63, 3.8) is 0 Å². The lowest BCUT2D eigenvalue weighted by atomic mass is 10.1. The van der Waals surface area contributed by atoms with E-state index in [4.69, 9.17) is 14.5 Å². The third kappa shape index (κ3) is 3.96. The molecule has 2 heterocycles. The Morgan fingerprint density at radius 3 is 2.57 bits per heavy atom. The van der Waals surface area contributed by atoms with Crippen molar-refractivity contribution >= 4 is 7.82 Å². The van der Waals surface area contributed by atoms with Crippen LogP contribution in [0.4, 0.5) is 0 Å². The zero-order valence-corrected chi connectivity index (χ0v) is 12.9. The highest BCUT2D eigenvalue weighted by Crippen LogP contribution is 2.38. The molecular weight excluding hydrogens is 335 g/mol. The summed E-state index contributed by atoms with van der Waals surface area (Å²) in [6.45, 7) is 0.995. The lowest BCUT2D eigenvalue weighted by molar-refractivity contribution is -0.0555. The van der Waals surface area contributed by atoms with E-state index in [-0.39, 0.29) is 12.1 Å². The number of aromatic amines is 1.